The molecule has 1 saturated heterocycles. The van der Waals surface area contributed by atoms with E-state index in [1.54, 1.807) is 0 Å². The Morgan fingerprint density at radius 1 is 0.917 bits per heavy atom. The van der Waals surface area contributed by atoms with Crippen molar-refractivity contribution in [3.8, 4) is 28.5 Å². The van der Waals surface area contributed by atoms with E-state index in [0.717, 1.165) is 52.4 Å². The monoisotopic (exact) mass is 481 g/mol. The molecule has 182 valence electrons. The van der Waals surface area contributed by atoms with Crippen LogP contribution in [-0.2, 0) is 0 Å². The lowest BCUT2D eigenvalue weighted by molar-refractivity contribution is 0.0748. The number of hydrogen-bond donors (Lipinski definition) is 0. The second-order valence-electron chi connectivity index (χ2n) is 8.82. The zero-order valence-corrected chi connectivity index (χ0v) is 20.1. The number of anilines is 1. The number of fused-ring (bicyclic) bond motifs is 2. The molecular formula is C29H27N3O4. The summed E-state index contributed by atoms with van der Waals surface area (Å²) in [5.74, 6) is 2.32. The van der Waals surface area contributed by atoms with Crippen LogP contribution in [0.3, 0.4) is 0 Å². The number of hydrogen-bond acceptors (Lipinski definition) is 6. The molecule has 0 aliphatic carbocycles. The van der Waals surface area contributed by atoms with Crippen molar-refractivity contribution in [2.45, 2.75) is 6.92 Å². The minimum Gasteiger partial charge on any atom is -0.492 e. The van der Waals surface area contributed by atoms with Gasteiger partial charge in [-0.05, 0) is 49.4 Å². The second-order valence-corrected chi connectivity index (χ2v) is 8.82. The zero-order valence-electron chi connectivity index (χ0n) is 20.1. The molecule has 3 heterocycles. The molecule has 1 amide bonds. The average Bonchev–Trinajstić information content (AvgIpc) is 3.41. The van der Waals surface area contributed by atoms with Crippen LogP contribution in [0.2, 0.25) is 0 Å². The number of piperazine rings is 1. The predicted octanol–water partition coefficient (Wildman–Crippen LogP) is 4.99. The number of amides is 1. The van der Waals surface area contributed by atoms with Crippen LogP contribution in [0.5, 0.6) is 17.2 Å². The third kappa shape index (κ3) is 4.06. The number of rotatable bonds is 5. The molecule has 2 aliphatic rings. The molecule has 1 aromatic heterocycles. The fourth-order valence-electron chi connectivity index (χ4n) is 4.87. The van der Waals surface area contributed by atoms with Crippen molar-refractivity contribution >= 4 is 22.5 Å². The van der Waals surface area contributed by atoms with Crippen LogP contribution in [-0.4, -0.2) is 55.4 Å². The van der Waals surface area contributed by atoms with Crippen molar-refractivity contribution in [2.24, 2.45) is 0 Å². The maximum absolute atomic E-state index is 13.8. The lowest BCUT2D eigenvalue weighted by Gasteiger charge is -2.37. The van der Waals surface area contributed by atoms with E-state index in [1.165, 1.54) is 0 Å². The Hall–Kier alpha value is -4.26. The van der Waals surface area contributed by atoms with Gasteiger partial charge in [0.15, 0.2) is 11.5 Å². The molecule has 7 nitrogen and oxygen atoms in total. The van der Waals surface area contributed by atoms with E-state index < -0.39 is 0 Å². The van der Waals surface area contributed by atoms with Gasteiger partial charge in [0.25, 0.3) is 5.91 Å². The topological polar surface area (TPSA) is 64.1 Å². The van der Waals surface area contributed by atoms with Gasteiger partial charge in [0.2, 0.25) is 6.79 Å². The van der Waals surface area contributed by atoms with E-state index in [1.807, 2.05) is 78.6 Å². The van der Waals surface area contributed by atoms with Crippen LogP contribution in [0.25, 0.3) is 22.2 Å². The second kappa shape index (κ2) is 9.41. The van der Waals surface area contributed by atoms with Crippen LogP contribution in [0, 0.1) is 0 Å². The summed E-state index contributed by atoms with van der Waals surface area (Å²) in [5.41, 5.74) is 4.15. The van der Waals surface area contributed by atoms with Gasteiger partial charge in [0, 0.05) is 37.1 Å². The third-order valence-corrected chi connectivity index (χ3v) is 6.69. The minimum atomic E-state index is 0.0216. The van der Waals surface area contributed by atoms with Gasteiger partial charge in [-0.25, -0.2) is 4.98 Å². The standard InChI is InChI=1S/C29H27N3O4/c1-2-34-26-10-6-5-9-25(26)31-13-15-32(16-14-31)29(33)22-18-24(30-23-8-4-3-7-21(22)23)20-11-12-27-28(17-20)36-19-35-27/h3-12,17-18H,2,13-16,19H2,1H3. The molecule has 3 aromatic carbocycles. The molecule has 0 radical (unpaired) electrons. The third-order valence-electron chi connectivity index (χ3n) is 6.69. The van der Waals surface area contributed by atoms with Gasteiger partial charge in [-0.15, -0.1) is 0 Å². The zero-order chi connectivity index (χ0) is 24.5. The summed E-state index contributed by atoms with van der Waals surface area (Å²) in [7, 11) is 0. The first-order chi connectivity index (χ1) is 17.7. The Morgan fingerprint density at radius 3 is 2.56 bits per heavy atom. The summed E-state index contributed by atoms with van der Waals surface area (Å²) in [6.07, 6.45) is 0. The number of pyridine rings is 1. The van der Waals surface area contributed by atoms with Crippen LogP contribution < -0.4 is 19.1 Å². The summed E-state index contributed by atoms with van der Waals surface area (Å²) in [6, 6.07) is 23.6. The van der Waals surface area contributed by atoms with Crippen molar-refractivity contribution in [3.05, 3.63) is 78.4 Å². The molecule has 7 heteroatoms. The van der Waals surface area contributed by atoms with Crippen LogP contribution in [0.4, 0.5) is 5.69 Å². The van der Waals surface area contributed by atoms with Gasteiger partial charge < -0.3 is 24.0 Å². The lowest BCUT2D eigenvalue weighted by atomic mass is 10.0. The van der Waals surface area contributed by atoms with Gasteiger partial charge in [0.05, 0.1) is 29.1 Å². The molecule has 1 fully saturated rings. The molecule has 6 rings (SSSR count). The van der Waals surface area contributed by atoms with Crippen molar-refractivity contribution in [1.82, 2.24) is 9.88 Å². The largest absolute Gasteiger partial charge is 0.492 e. The fourth-order valence-corrected chi connectivity index (χ4v) is 4.87. The van der Waals surface area contributed by atoms with Crippen molar-refractivity contribution in [1.29, 1.82) is 0 Å². The molecule has 0 unspecified atom stereocenters. The Labute approximate surface area is 209 Å². The molecule has 0 spiro atoms. The van der Waals surface area contributed by atoms with Gasteiger partial charge in [-0.1, -0.05) is 30.3 Å². The van der Waals surface area contributed by atoms with Crippen LogP contribution in [0.15, 0.2) is 72.8 Å². The van der Waals surface area contributed by atoms with Crippen molar-refractivity contribution < 1.29 is 19.0 Å². The molecule has 0 atom stereocenters. The summed E-state index contributed by atoms with van der Waals surface area (Å²) >= 11 is 0. The molecule has 36 heavy (non-hydrogen) atoms. The number of aromatic nitrogens is 1. The number of para-hydroxylation sites is 3. The first kappa shape index (κ1) is 22.2. The molecule has 2 aliphatic heterocycles. The molecule has 0 N–H and O–H groups in total. The van der Waals surface area contributed by atoms with E-state index in [4.69, 9.17) is 19.2 Å². The number of carbonyl (C=O) groups is 1. The maximum atomic E-state index is 13.8. The molecule has 0 bridgehead atoms. The summed E-state index contributed by atoms with van der Waals surface area (Å²) < 4.78 is 16.8. The van der Waals surface area contributed by atoms with Crippen LogP contribution in [0.1, 0.15) is 17.3 Å². The van der Waals surface area contributed by atoms with E-state index in [0.29, 0.717) is 31.0 Å². The Kier molecular flexibility index (Phi) is 5.81. The Morgan fingerprint density at radius 2 is 1.69 bits per heavy atom. The first-order valence-corrected chi connectivity index (χ1v) is 12.3. The SMILES string of the molecule is CCOc1ccccc1N1CCN(C(=O)c2cc(-c3ccc4c(c3)OCO4)nc3ccccc23)CC1. The van der Waals surface area contributed by atoms with E-state index in [-0.39, 0.29) is 12.7 Å². The van der Waals surface area contributed by atoms with E-state index in [2.05, 4.69) is 11.0 Å². The predicted molar refractivity (Wildman–Crippen MR) is 139 cm³/mol. The fraction of sp³-hybridized carbons (Fsp3) is 0.241. The number of benzene rings is 3. The summed E-state index contributed by atoms with van der Waals surface area (Å²) in [4.78, 5) is 22.9. The number of nitrogens with zero attached hydrogens (tertiary/aromatic N) is 3. The summed E-state index contributed by atoms with van der Waals surface area (Å²) in [6.45, 7) is 5.58. The smallest absolute Gasteiger partial charge is 0.254 e. The highest BCUT2D eigenvalue weighted by molar-refractivity contribution is 6.07. The first-order valence-electron chi connectivity index (χ1n) is 12.3. The van der Waals surface area contributed by atoms with Gasteiger partial charge in [-0.2, -0.15) is 0 Å². The van der Waals surface area contributed by atoms with Crippen molar-refractivity contribution in [2.75, 3.05) is 44.5 Å². The average molecular weight is 482 g/mol. The number of carbonyl (C=O) groups excluding carboxylic acids is 1. The Bertz CT molecular complexity index is 1430. The highest BCUT2D eigenvalue weighted by Crippen LogP contribution is 2.36. The molecule has 0 saturated carbocycles. The highest BCUT2D eigenvalue weighted by Gasteiger charge is 2.26. The van der Waals surface area contributed by atoms with Crippen molar-refractivity contribution in [3.63, 3.8) is 0 Å². The van der Waals surface area contributed by atoms with Gasteiger partial charge in [0.1, 0.15) is 5.75 Å². The molecule has 4 aromatic rings. The molecular weight excluding hydrogens is 454 g/mol. The Balaban J connectivity index is 1.28. The highest BCUT2D eigenvalue weighted by atomic mass is 16.7. The van der Waals surface area contributed by atoms with Gasteiger partial charge in [-0.3, -0.25) is 4.79 Å². The lowest BCUT2D eigenvalue weighted by Crippen LogP contribution is -2.49. The quantitative estimate of drug-likeness (QED) is 0.400. The summed E-state index contributed by atoms with van der Waals surface area (Å²) in [5, 5.41) is 0.858. The van der Waals surface area contributed by atoms with E-state index in [9.17, 15) is 4.79 Å². The maximum Gasteiger partial charge on any atom is 0.254 e. The number of ether oxygens (including phenoxy) is 3. The normalized spacial score (nSPS) is 14.8. The minimum absolute atomic E-state index is 0.0216. The van der Waals surface area contributed by atoms with E-state index >= 15 is 0 Å². The van der Waals surface area contributed by atoms with Crippen LogP contribution >= 0.6 is 0 Å². The van der Waals surface area contributed by atoms with Gasteiger partial charge >= 0.3 is 0 Å².